The van der Waals surface area contributed by atoms with Gasteiger partial charge in [-0.05, 0) is 29.8 Å². The number of nitrogens with zero attached hydrogens (tertiary/aromatic N) is 1. The molecule has 2 N–H and O–H groups in total. The van der Waals surface area contributed by atoms with Crippen molar-refractivity contribution in [2.24, 2.45) is 0 Å². The molecule has 0 aliphatic rings. The Labute approximate surface area is 128 Å². The number of benzene rings is 2. The zero-order valence-corrected chi connectivity index (χ0v) is 12.1. The van der Waals surface area contributed by atoms with Gasteiger partial charge in [0, 0.05) is 34.4 Å². The molecule has 1 heterocycles. The van der Waals surface area contributed by atoms with Crippen molar-refractivity contribution in [2.75, 3.05) is 5.32 Å². The predicted octanol–water partition coefficient (Wildman–Crippen LogP) is 3.99. The number of nitrogens with one attached hydrogen (secondary N) is 1. The van der Waals surface area contributed by atoms with Crippen LogP contribution in [-0.2, 0) is 13.2 Å². The molecule has 0 aliphatic heterocycles. The molecule has 0 unspecified atom stereocenters. The number of rotatable bonds is 4. The number of aliphatic hydroxyl groups excluding tert-OH is 1. The first kappa shape index (κ1) is 13.9. The Morgan fingerprint density at radius 1 is 1.00 bits per heavy atom. The largest absolute Gasteiger partial charge is 0.392 e. The zero-order chi connectivity index (χ0) is 14.7. The molecule has 21 heavy (non-hydrogen) atoms. The summed E-state index contributed by atoms with van der Waals surface area (Å²) in [5.41, 5.74) is 3.78. The van der Waals surface area contributed by atoms with Crippen molar-refractivity contribution in [3.63, 3.8) is 0 Å². The van der Waals surface area contributed by atoms with Gasteiger partial charge in [0.2, 0.25) is 0 Å². The van der Waals surface area contributed by atoms with Gasteiger partial charge in [-0.1, -0.05) is 35.9 Å². The minimum absolute atomic E-state index is 0.0167. The van der Waals surface area contributed by atoms with Gasteiger partial charge in [0.05, 0.1) is 12.1 Å². The first-order valence-electron chi connectivity index (χ1n) is 6.74. The molecule has 0 atom stereocenters. The van der Waals surface area contributed by atoms with Gasteiger partial charge in [0.1, 0.15) is 0 Å². The molecular weight excluding hydrogens is 284 g/mol. The highest BCUT2D eigenvalue weighted by Crippen LogP contribution is 2.25. The van der Waals surface area contributed by atoms with Crippen LogP contribution >= 0.6 is 11.6 Å². The first-order valence-corrected chi connectivity index (χ1v) is 7.12. The van der Waals surface area contributed by atoms with Crippen LogP contribution in [-0.4, -0.2) is 10.1 Å². The molecule has 1 aromatic heterocycles. The number of para-hydroxylation sites is 1. The average Bonchev–Trinajstić information content (AvgIpc) is 2.55. The molecule has 0 radical (unpaired) electrons. The summed E-state index contributed by atoms with van der Waals surface area (Å²) in [6.45, 7) is 0.643. The third-order valence-corrected chi connectivity index (χ3v) is 3.79. The summed E-state index contributed by atoms with van der Waals surface area (Å²) in [6, 6.07) is 15.4. The highest BCUT2D eigenvalue weighted by Gasteiger charge is 2.06. The Morgan fingerprint density at radius 2 is 1.86 bits per heavy atom. The maximum Gasteiger partial charge on any atom is 0.0766 e. The molecule has 3 nitrogen and oxygen atoms in total. The molecule has 0 fully saturated rings. The maximum absolute atomic E-state index is 9.35. The molecule has 3 aromatic rings. The van der Waals surface area contributed by atoms with Crippen LogP contribution in [0, 0.1) is 0 Å². The molecule has 0 aliphatic carbocycles. The van der Waals surface area contributed by atoms with Crippen LogP contribution in [0.25, 0.3) is 10.9 Å². The second kappa shape index (κ2) is 6.12. The lowest BCUT2D eigenvalue weighted by Gasteiger charge is -2.12. The van der Waals surface area contributed by atoms with Gasteiger partial charge in [-0.2, -0.15) is 0 Å². The van der Waals surface area contributed by atoms with Crippen molar-refractivity contribution in [3.05, 3.63) is 70.9 Å². The number of pyridine rings is 1. The monoisotopic (exact) mass is 298 g/mol. The fourth-order valence-corrected chi connectivity index (χ4v) is 2.58. The van der Waals surface area contributed by atoms with Crippen LogP contribution in [0.4, 0.5) is 5.69 Å². The fraction of sp³-hybridized carbons (Fsp3) is 0.118. The third-order valence-electron chi connectivity index (χ3n) is 3.46. The number of fused-ring (bicyclic) bond motifs is 1. The van der Waals surface area contributed by atoms with Gasteiger partial charge in [-0.3, -0.25) is 4.98 Å². The summed E-state index contributed by atoms with van der Waals surface area (Å²) >= 11 is 6.20. The van der Waals surface area contributed by atoms with Crippen molar-refractivity contribution >= 4 is 28.2 Å². The number of anilines is 1. The van der Waals surface area contributed by atoms with Crippen molar-refractivity contribution in [1.82, 2.24) is 4.98 Å². The first-order chi connectivity index (χ1) is 10.3. The highest BCUT2D eigenvalue weighted by molar-refractivity contribution is 6.35. The Kier molecular flexibility index (Phi) is 4.04. The minimum atomic E-state index is 0.0167. The Hall–Kier alpha value is -2.10. The summed E-state index contributed by atoms with van der Waals surface area (Å²) in [5, 5.41) is 14.4. The van der Waals surface area contributed by atoms with Gasteiger partial charge in [-0.25, -0.2) is 0 Å². The van der Waals surface area contributed by atoms with Crippen molar-refractivity contribution in [2.45, 2.75) is 13.2 Å². The highest BCUT2D eigenvalue weighted by atomic mass is 35.5. The summed E-state index contributed by atoms with van der Waals surface area (Å²) < 4.78 is 0. The minimum Gasteiger partial charge on any atom is -0.392 e. The van der Waals surface area contributed by atoms with E-state index in [1.807, 2.05) is 48.5 Å². The van der Waals surface area contributed by atoms with Crippen LogP contribution < -0.4 is 5.32 Å². The van der Waals surface area contributed by atoms with Gasteiger partial charge in [-0.15, -0.1) is 0 Å². The van der Waals surface area contributed by atoms with Crippen molar-refractivity contribution in [1.29, 1.82) is 0 Å². The van der Waals surface area contributed by atoms with E-state index in [0.717, 1.165) is 27.7 Å². The van der Waals surface area contributed by atoms with E-state index in [4.69, 9.17) is 11.6 Å². The number of aromatic nitrogens is 1. The van der Waals surface area contributed by atoms with E-state index in [-0.39, 0.29) is 6.61 Å². The molecule has 0 saturated heterocycles. The molecule has 0 bridgehead atoms. The average molecular weight is 299 g/mol. The van der Waals surface area contributed by atoms with Crippen molar-refractivity contribution < 1.29 is 5.11 Å². The Balaban J connectivity index is 1.91. The van der Waals surface area contributed by atoms with Gasteiger partial charge in [0.25, 0.3) is 0 Å². The second-order valence-electron chi connectivity index (χ2n) is 4.77. The van der Waals surface area contributed by atoms with Crippen LogP contribution in [0.3, 0.4) is 0 Å². The topological polar surface area (TPSA) is 45.1 Å². The molecule has 106 valence electrons. The van der Waals surface area contributed by atoms with Crippen LogP contribution in [0.5, 0.6) is 0 Å². The van der Waals surface area contributed by atoms with E-state index in [0.29, 0.717) is 11.6 Å². The van der Waals surface area contributed by atoms with Gasteiger partial charge < -0.3 is 10.4 Å². The molecule has 0 spiro atoms. The normalized spacial score (nSPS) is 10.8. The van der Waals surface area contributed by atoms with E-state index >= 15 is 0 Å². The maximum atomic E-state index is 9.35. The molecule has 0 amide bonds. The lowest BCUT2D eigenvalue weighted by Crippen LogP contribution is -2.03. The molecule has 3 rings (SSSR count). The molecule has 4 heteroatoms. The van der Waals surface area contributed by atoms with Crippen LogP contribution in [0.15, 0.2) is 54.7 Å². The molecular formula is C17H15ClN2O. The summed E-state index contributed by atoms with van der Waals surface area (Å²) in [6.07, 6.45) is 1.77. The summed E-state index contributed by atoms with van der Waals surface area (Å²) in [4.78, 5) is 4.42. The number of aliphatic hydroxyl groups is 1. The van der Waals surface area contributed by atoms with Gasteiger partial charge in [0.15, 0.2) is 0 Å². The smallest absolute Gasteiger partial charge is 0.0766 e. The Morgan fingerprint density at radius 3 is 2.71 bits per heavy atom. The molecule has 2 aromatic carbocycles. The van der Waals surface area contributed by atoms with E-state index in [1.54, 1.807) is 6.20 Å². The lowest BCUT2D eigenvalue weighted by atomic mass is 10.1. The predicted molar refractivity (Wildman–Crippen MR) is 86.4 cm³/mol. The fourth-order valence-electron chi connectivity index (χ4n) is 2.36. The van der Waals surface area contributed by atoms with Crippen LogP contribution in [0.1, 0.15) is 11.1 Å². The number of hydrogen-bond acceptors (Lipinski definition) is 3. The standard InChI is InChI=1S/C17H15ClN2O/c18-15-8-7-12(17-14(15)5-3-9-19-17)10-20-16-6-2-1-4-13(16)11-21/h1-9,20-21H,10-11H2. The molecule has 0 saturated carbocycles. The summed E-state index contributed by atoms with van der Waals surface area (Å²) in [5.74, 6) is 0. The van der Waals surface area contributed by atoms with E-state index < -0.39 is 0 Å². The SMILES string of the molecule is OCc1ccccc1NCc1ccc(Cl)c2cccnc12. The zero-order valence-electron chi connectivity index (χ0n) is 11.4. The number of hydrogen-bond donors (Lipinski definition) is 2. The quantitative estimate of drug-likeness (QED) is 0.765. The van der Waals surface area contributed by atoms with E-state index in [1.165, 1.54) is 0 Å². The van der Waals surface area contributed by atoms with Crippen molar-refractivity contribution in [3.8, 4) is 0 Å². The van der Waals surface area contributed by atoms with Crippen LogP contribution in [0.2, 0.25) is 5.02 Å². The third kappa shape index (κ3) is 2.84. The van der Waals surface area contributed by atoms with Gasteiger partial charge >= 0.3 is 0 Å². The van der Waals surface area contributed by atoms with E-state index in [9.17, 15) is 5.11 Å². The van der Waals surface area contributed by atoms with E-state index in [2.05, 4.69) is 10.3 Å². The Bertz CT molecular complexity index is 774. The number of halogens is 1. The second-order valence-corrected chi connectivity index (χ2v) is 5.18. The summed E-state index contributed by atoms with van der Waals surface area (Å²) in [7, 11) is 0. The lowest BCUT2D eigenvalue weighted by molar-refractivity contribution is 0.282.